The summed E-state index contributed by atoms with van der Waals surface area (Å²) in [6.07, 6.45) is 2.42. The van der Waals surface area contributed by atoms with Crippen molar-refractivity contribution in [3.05, 3.63) is 63.9 Å². The van der Waals surface area contributed by atoms with Crippen molar-refractivity contribution in [2.24, 2.45) is 5.92 Å². The van der Waals surface area contributed by atoms with Crippen molar-refractivity contribution < 1.29 is 38.1 Å². The number of cyclic esters (lactones) is 1. The summed E-state index contributed by atoms with van der Waals surface area (Å²) in [6.45, 7) is 0.969. The number of aliphatic hydroxyl groups is 1. The Labute approximate surface area is 226 Å². The van der Waals surface area contributed by atoms with Gasteiger partial charge in [-0.3, -0.25) is 9.69 Å². The lowest BCUT2D eigenvalue weighted by molar-refractivity contribution is 0.0694. The largest absolute Gasteiger partial charge is 0.490 e. The molecule has 3 aromatic rings. The molecule has 0 radical (unpaired) electrons. The zero-order valence-corrected chi connectivity index (χ0v) is 21.4. The third kappa shape index (κ3) is 4.72. The van der Waals surface area contributed by atoms with Gasteiger partial charge >= 0.3 is 12.1 Å². The van der Waals surface area contributed by atoms with Crippen LogP contribution in [-0.4, -0.2) is 65.8 Å². The van der Waals surface area contributed by atoms with Crippen molar-refractivity contribution in [3.8, 4) is 5.75 Å². The van der Waals surface area contributed by atoms with Crippen LogP contribution in [-0.2, 0) is 4.74 Å². The number of amides is 1. The zero-order valence-electron chi connectivity index (χ0n) is 21.4. The van der Waals surface area contributed by atoms with E-state index in [1.807, 2.05) is 4.90 Å². The number of aromatic nitrogens is 1. The van der Waals surface area contributed by atoms with E-state index < -0.39 is 35.2 Å². The van der Waals surface area contributed by atoms with E-state index in [4.69, 9.17) is 9.47 Å². The minimum absolute atomic E-state index is 0.0203. The van der Waals surface area contributed by atoms with Crippen molar-refractivity contribution in [2.75, 3.05) is 42.6 Å². The van der Waals surface area contributed by atoms with Gasteiger partial charge in [0.25, 0.3) is 0 Å². The van der Waals surface area contributed by atoms with Crippen LogP contribution < -0.4 is 20.0 Å². The van der Waals surface area contributed by atoms with Gasteiger partial charge in [-0.05, 0) is 43.5 Å². The highest BCUT2D eigenvalue weighted by atomic mass is 19.1. The minimum atomic E-state index is -1.34. The Bertz CT molecular complexity index is 1570. The normalized spacial score (nSPS) is 20.8. The van der Waals surface area contributed by atoms with E-state index in [-0.39, 0.29) is 48.4 Å². The van der Waals surface area contributed by atoms with Gasteiger partial charge in [-0.25, -0.2) is 18.4 Å². The first kappa shape index (κ1) is 26.1. The van der Waals surface area contributed by atoms with Crippen molar-refractivity contribution in [2.45, 2.75) is 31.4 Å². The molecule has 2 aromatic carbocycles. The fourth-order valence-electron chi connectivity index (χ4n) is 5.41. The molecule has 12 heteroatoms. The number of hydrogen-bond acceptors (Lipinski definition) is 7. The smallest absolute Gasteiger partial charge is 0.414 e. The number of rotatable bonds is 8. The van der Waals surface area contributed by atoms with Gasteiger partial charge in [0.05, 0.1) is 36.6 Å². The van der Waals surface area contributed by atoms with Crippen LogP contribution in [0.3, 0.4) is 0 Å². The van der Waals surface area contributed by atoms with Gasteiger partial charge in [0.2, 0.25) is 5.43 Å². The van der Waals surface area contributed by atoms with Crippen LogP contribution in [0.5, 0.6) is 5.75 Å². The molecule has 1 aromatic heterocycles. The Balaban J connectivity index is 1.16. The number of carboxylic acids is 1. The molecule has 40 heavy (non-hydrogen) atoms. The van der Waals surface area contributed by atoms with E-state index >= 15 is 4.39 Å². The maximum Gasteiger partial charge on any atom is 0.414 e. The Morgan fingerprint density at radius 3 is 2.55 bits per heavy atom. The number of carbonyl (C=O) groups excluding carboxylic acids is 1. The van der Waals surface area contributed by atoms with Crippen molar-refractivity contribution >= 4 is 34.3 Å². The number of nitrogens with zero attached hydrogens (tertiary/aromatic N) is 3. The standard InChI is InChI=1S/C28H27F2N3O7/c29-21-8-19-23(32(16-1-2-16)12-20(26(19)35)27(36)37)9-24(21)31-6-5-15(10-31)14-39-25-4-3-17(7-22(25)30)33-11-18(13-34)40-28(33)38/h3-4,7-9,12,15-16,18,34H,1-2,5-6,10-11,13-14H2,(H,36,37)/t15-,18+/m0/s1. The summed E-state index contributed by atoms with van der Waals surface area (Å²) in [5.74, 6) is -2.59. The van der Waals surface area contributed by atoms with Crippen LogP contribution in [0.25, 0.3) is 10.9 Å². The highest BCUT2D eigenvalue weighted by molar-refractivity contribution is 5.93. The molecule has 2 aliphatic heterocycles. The molecule has 10 nitrogen and oxygen atoms in total. The SMILES string of the molecule is O=C(O)c1cn(C2CC2)c2cc(N3CC[C@H](COc4ccc(N5C[C@H](CO)OC5=O)cc4F)C3)c(F)cc2c1=O. The first-order valence-corrected chi connectivity index (χ1v) is 13.1. The van der Waals surface area contributed by atoms with Gasteiger partial charge in [-0.2, -0.15) is 0 Å². The van der Waals surface area contributed by atoms with E-state index in [0.717, 1.165) is 18.9 Å². The van der Waals surface area contributed by atoms with Gasteiger partial charge < -0.3 is 29.2 Å². The molecule has 6 rings (SSSR count). The van der Waals surface area contributed by atoms with E-state index in [0.29, 0.717) is 36.4 Å². The number of hydrogen-bond donors (Lipinski definition) is 2. The average molecular weight is 556 g/mol. The molecule has 210 valence electrons. The molecule has 1 saturated carbocycles. The number of carboxylic acid groups (broad SMARTS) is 1. The minimum Gasteiger partial charge on any atom is -0.490 e. The second kappa shape index (κ2) is 10.1. The molecular formula is C28H27F2N3O7. The maximum absolute atomic E-state index is 15.2. The molecule has 0 bridgehead atoms. The van der Waals surface area contributed by atoms with Crippen LogP contribution in [0.15, 0.2) is 41.3 Å². The van der Waals surface area contributed by atoms with Crippen LogP contribution in [0.2, 0.25) is 0 Å². The zero-order chi connectivity index (χ0) is 28.1. The highest BCUT2D eigenvalue weighted by Gasteiger charge is 2.33. The van der Waals surface area contributed by atoms with E-state index in [1.165, 1.54) is 23.2 Å². The van der Waals surface area contributed by atoms with E-state index in [2.05, 4.69) is 0 Å². The maximum atomic E-state index is 15.2. The van der Waals surface area contributed by atoms with Crippen molar-refractivity contribution in [1.29, 1.82) is 0 Å². The number of pyridine rings is 1. The lowest BCUT2D eigenvalue weighted by Crippen LogP contribution is -2.25. The summed E-state index contributed by atoms with van der Waals surface area (Å²) in [7, 11) is 0. The van der Waals surface area contributed by atoms with Gasteiger partial charge in [0.1, 0.15) is 17.5 Å². The number of aromatic carboxylic acids is 1. The molecule has 2 atom stereocenters. The predicted octanol–water partition coefficient (Wildman–Crippen LogP) is 3.54. The summed E-state index contributed by atoms with van der Waals surface area (Å²) in [5, 5.41) is 18.7. The molecule has 3 aliphatic rings. The van der Waals surface area contributed by atoms with Crippen LogP contribution >= 0.6 is 0 Å². The van der Waals surface area contributed by atoms with Gasteiger partial charge in [-0.15, -0.1) is 0 Å². The molecule has 3 heterocycles. The molecule has 0 spiro atoms. The average Bonchev–Trinajstić information content (AvgIpc) is 3.54. The third-order valence-electron chi connectivity index (χ3n) is 7.68. The first-order chi connectivity index (χ1) is 19.2. The second-order valence-corrected chi connectivity index (χ2v) is 10.5. The number of anilines is 2. The Hall–Kier alpha value is -4.19. The molecule has 1 aliphatic carbocycles. The number of fused-ring (bicyclic) bond motifs is 1. The number of aliphatic hydroxyl groups excluding tert-OH is 1. The van der Waals surface area contributed by atoms with Crippen LogP contribution in [0.4, 0.5) is 25.0 Å². The Morgan fingerprint density at radius 2 is 1.88 bits per heavy atom. The number of ether oxygens (including phenoxy) is 2. The quantitative estimate of drug-likeness (QED) is 0.433. The fraction of sp³-hybridized carbons (Fsp3) is 0.393. The molecule has 0 unspecified atom stereocenters. The number of carbonyl (C=O) groups is 2. The van der Waals surface area contributed by atoms with E-state index in [1.54, 1.807) is 16.7 Å². The van der Waals surface area contributed by atoms with Crippen LogP contribution in [0, 0.1) is 17.6 Å². The summed E-state index contributed by atoms with van der Waals surface area (Å²) in [6, 6.07) is 6.97. The van der Waals surface area contributed by atoms with Crippen LogP contribution in [0.1, 0.15) is 35.7 Å². The predicted molar refractivity (Wildman–Crippen MR) is 140 cm³/mol. The lowest BCUT2D eigenvalue weighted by atomic mass is 10.1. The monoisotopic (exact) mass is 555 g/mol. The van der Waals surface area contributed by atoms with Gasteiger partial charge in [0.15, 0.2) is 11.6 Å². The van der Waals surface area contributed by atoms with Gasteiger partial charge in [-0.1, -0.05) is 0 Å². The summed E-state index contributed by atoms with van der Waals surface area (Å²) in [5.41, 5.74) is 0.0363. The molecule has 2 N–H and O–H groups in total. The number of halogens is 2. The summed E-state index contributed by atoms with van der Waals surface area (Å²) >= 11 is 0. The Morgan fingerprint density at radius 1 is 1.07 bits per heavy atom. The summed E-state index contributed by atoms with van der Waals surface area (Å²) < 4.78 is 42.5. The highest BCUT2D eigenvalue weighted by Crippen LogP contribution is 2.39. The van der Waals surface area contributed by atoms with Gasteiger partial charge in [0, 0.05) is 42.7 Å². The van der Waals surface area contributed by atoms with E-state index in [9.17, 15) is 29.0 Å². The summed E-state index contributed by atoms with van der Waals surface area (Å²) in [4.78, 5) is 39.4. The number of benzene rings is 2. The Kier molecular flexibility index (Phi) is 6.57. The molecular weight excluding hydrogens is 528 g/mol. The van der Waals surface area contributed by atoms with Crippen molar-refractivity contribution in [1.82, 2.24) is 4.57 Å². The molecule has 2 saturated heterocycles. The molecule has 1 amide bonds. The first-order valence-electron chi connectivity index (χ1n) is 13.1. The topological polar surface area (TPSA) is 122 Å². The second-order valence-electron chi connectivity index (χ2n) is 10.5. The lowest BCUT2D eigenvalue weighted by Gasteiger charge is -2.21. The molecule has 3 fully saturated rings. The third-order valence-corrected chi connectivity index (χ3v) is 7.68. The fourth-order valence-corrected chi connectivity index (χ4v) is 5.41. The van der Waals surface area contributed by atoms with Crippen molar-refractivity contribution in [3.63, 3.8) is 0 Å².